The predicted octanol–water partition coefficient (Wildman–Crippen LogP) is 3.27. The molecule has 0 aliphatic rings. The minimum atomic E-state index is -0.256. The molecule has 0 saturated heterocycles. The molecule has 1 aromatic rings. The first-order valence-electron chi connectivity index (χ1n) is 6.17. The lowest BCUT2D eigenvalue weighted by Crippen LogP contribution is -2.33. The van der Waals surface area contributed by atoms with E-state index in [1.807, 2.05) is 6.07 Å². The van der Waals surface area contributed by atoms with Gasteiger partial charge in [0.25, 0.3) is 0 Å². The van der Waals surface area contributed by atoms with Crippen molar-refractivity contribution in [2.75, 3.05) is 12.3 Å². The van der Waals surface area contributed by atoms with Gasteiger partial charge in [0.05, 0.1) is 0 Å². The van der Waals surface area contributed by atoms with Crippen molar-refractivity contribution in [1.29, 1.82) is 0 Å². The summed E-state index contributed by atoms with van der Waals surface area (Å²) in [6.07, 6.45) is 0. The van der Waals surface area contributed by atoms with Gasteiger partial charge in [-0.15, -0.1) is 0 Å². The normalized spacial score (nSPS) is 11.8. The smallest absolute Gasteiger partial charge is 0.125 e. The molecule has 2 N–H and O–H groups in total. The van der Waals surface area contributed by atoms with Crippen LogP contribution in [0.2, 0.25) is 0 Å². The van der Waals surface area contributed by atoms with Gasteiger partial charge in [-0.2, -0.15) is 0 Å². The van der Waals surface area contributed by atoms with Crippen LogP contribution in [0, 0.1) is 11.7 Å². The van der Waals surface area contributed by atoms with E-state index in [-0.39, 0.29) is 5.82 Å². The molecule has 0 unspecified atom stereocenters. The van der Waals surface area contributed by atoms with E-state index in [1.165, 1.54) is 6.07 Å². The molecule has 0 saturated carbocycles. The lowest BCUT2D eigenvalue weighted by Gasteiger charge is -2.28. The van der Waals surface area contributed by atoms with Gasteiger partial charge in [0.1, 0.15) is 5.82 Å². The van der Waals surface area contributed by atoms with E-state index >= 15 is 0 Å². The Morgan fingerprint density at radius 3 is 2.29 bits per heavy atom. The van der Waals surface area contributed by atoms with Crippen molar-refractivity contribution in [3.05, 3.63) is 29.6 Å². The monoisotopic (exact) mass is 238 g/mol. The van der Waals surface area contributed by atoms with E-state index in [4.69, 9.17) is 5.73 Å². The number of nitrogens with two attached hydrogens (primary N) is 1. The summed E-state index contributed by atoms with van der Waals surface area (Å²) in [6, 6.07) is 5.21. The molecule has 3 heteroatoms. The van der Waals surface area contributed by atoms with Crippen molar-refractivity contribution < 1.29 is 4.39 Å². The maximum Gasteiger partial charge on any atom is 0.125 e. The highest BCUT2D eigenvalue weighted by atomic mass is 19.1. The Hall–Kier alpha value is -1.09. The van der Waals surface area contributed by atoms with E-state index in [1.54, 1.807) is 6.07 Å². The maximum atomic E-state index is 13.2. The Kier molecular flexibility index (Phi) is 4.94. The number of halogens is 1. The number of rotatable bonds is 5. The fraction of sp³-hybridized carbons (Fsp3) is 0.571. The summed E-state index contributed by atoms with van der Waals surface area (Å²) >= 11 is 0. The topological polar surface area (TPSA) is 29.3 Å². The summed E-state index contributed by atoms with van der Waals surface area (Å²) in [5, 5.41) is 0. The Bertz CT molecular complexity index is 341. The summed E-state index contributed by atoms with van der Waals surface area (Å²) in [4.78, 5) is 2.33. The third-order valence-electron chi connectivity index (χ3n) is 2.70. The maximum absolute atomic E-state index is 13.2. The van der Waals surface area contributed by atoms with Gasteiger partial charge < -0.3 is 5.73 Å². The molecule has 0 heterocycles. The van der Waals surface area contributed by atoms with Crippen molar-refractivity contribution in [2.45, 2.75) is 40.3 Å². The first kappa shape index (κ1) is 14.0. The summed E-state index contributed by atoms with van der Waals surface area (Å²) in [7, 11) is 0. The van der Waals surface area contributed by atoms with Crippen LogP contribution in [0.25, 0.3) is 0 Å². The van der Waals surface area contributed by atoms with Crippen LogP contribution in [-0.4, -0.2) is 17.5 Å². The van der Waals surface area contributed by atoms with E-state index in [9.17, 15) is 4.39 Å². The summed E-state index contributed by atoms with van der Waals surface area (Å²) in [5.41, 5.74) is 7.09. The highest BCUT2D eigenvalue weighted by Crippen LogP contribution is 2.15. The van der Waals surface area contributed by atoms with Crippen LogP contribution in [-0.2, 0) is 6.54 Å². The number of hydrogen-bond donors (Lipinski definition) is 1. The van der Waals surface area contributed by atoms with Crippen LogP contribution in [0.15, 0.2) is 18.2 Å². The lowest BCUT2D eigenvalue weighted by molar-refractivity contribution is 0.189. The Balaban J connectivity index is 2.78. The molecule has 1 rings (SSSR count). The number of nitrogen functional groups attached to an aromatic ring is 1. The van der Waals surface area contributed by atoms with E-state index in [2.05, 4.69) is 32.6 Å². The van der Waals surface area contributed by atoms with E-state index in [0.29, 0.717) is 17.6 Å². The molecule has 2 nitrogen and oxygen atoms in total. The predicted molar refractivity (Wildman–Crippen MR) is 71.2 cm³/mol. The zero-order valence-electron chi connectivity index (χ0n) is 11.2. The van der Waals surface area contributed by atoms with Crippen molar-refractivity contribution in [3.8, 4) is 0 Å². The Morgan fingerprint density at radius 2 is 1.82 bits per heavy atom. The molecule has 0 amide bonds. The molecule has 0 bridgehead atoms. The molecular weight excluding hydrogens is 215 g/mol. The molecule has 0 fully saturated rings. The first-order chi connectivity index (χ1) is 7.88. The largest absolute Gasteiger partial charge is 0.399 e. The average molecular weight is 238 g/mol. The fourth-order valence-electron chi connectivity index (χ4n) is 1.93. The zero-order chi connectivity index (χ0) is 13.0. The first-order valence-corrected chi connectivity index (χ1v) is 6.17. The molecule has 0 aliphatic heterocycles. The minimum Gasteiger partial charge on any atom is -0.399 e. The van der Waals surface area contributed by atoms with Gasteiger partial charge in [-0.1, -0.05) is 13.8 Å². The molecular formula is C14H23FN2. The number of benzene rings is 1. The summed E-state index contributed by atoms with van der Waals surface area (Å²) in [5.74, 6) is 0.344. The standard InChI is InChI=1S/C14H23FN2/c1-10(2)8-17(11(3)4)9-12-5-13(15)7-14(16)6-12/h5-7,10-11H,8-9,16H2,1-4H3. The van der Waals surface area contributed by atoms with E-state index < -0.39 is 0 Å². The van der Waals surface area contributed by atoms with Crippen LogP contribution in [0.1, 0.15) is 33.3 Å². The highest BCUT2D eigenvalue weighted by molar-refractivity contribution is 5.41. The van der Waals surface area contributed by atoms with Crippen molar-refractivity contribution in [1.82, 2.24) is 4.90 Å². The van der Waals surface area contributed by atoms with Crippen LogP contribution in [0.5, 0.6) is 0 Å². The molecule has 1 aromatic carbocycles. The third-order valence-corrected chi connectivity index (χ3v) is 2.70. The summed E-state index contributed by atoms with van der Waals surface area (Å²) < 4.78 is 13.2. The molecule has 0 aliphatic carbocycles. The number of nitrogens with zero attached hydrogens (tertiary/aromatic N) is 1. The molecule has 0 radical (unpaired) electrons. The van der Waals surface area contributed by atoms with Gasteiger partial charge in [-0.3, -0.25) is 4.90 Å². The van der Waals surface area contributed by atoms with Gasteiger partial charge in [-0.05, 0) is 43.5 Å². The van der Waals surface area contributed by atoms with Gasteiger partial charge in [0.2, 0.25) is 0 Å². The second-order valence-corrected chi connectivity index (χ2v) is 5.31. The van der Waals surface area contributed by atoms with Crippen LogP contribution in [0.4, 0.5) is 10.1 Å². The fourth-order valence-corrected chi connectivity index (χ4v) is 1.93. The SMILES string of the molecule is CC(C)CN(Cc1cc(N)cc(F)c1)C(C)C. The average Bonchev–Trinajstić information content (AvgIpc) is 2.13. The van der Waals surface area contributed by atoms with Crippen LogP contribution in [0.3, 0.4) is 0 Å². The van der Waals surface area contributed by atoms with Crippen LogP contribution >= 0.6 is 0 Å². The van der Waals surface area contributed by atoms with Crippen molar-refractivity contribution in [2.24, 2.45) is 5.92 Å². The second kappa shape index (κ2) is 6.01. The zero-order valence-corrected chi connectivity index (χ0v) is 11.2. The van der Waals surface area contributed by atoms with Gasteiger partial charge >= 0.3 is 0 Å². The van der Waals surface area contributed by atoms with Crippen molar-refractivity contribution >= 4 is 5.69 Å². The Labute approximate surface area is 104 Å². The highest BCUT2D eigenvalue weighted by Gasteiger charge is 2.12. The van der Waals surface area contributed by atoms with Gasteiger partial charge in [0, 0.05) is 24.8 Å². The van der Waals surface area contributed by atoms with Gasteiger partial charge in [0.15, 0.2) is 0 Å². The van der Waals surface area contributed by atoms with Crippen LogP contribution < -0.4 is 5.73 Å². The minimum absolute atomic E-state index is 0.256. The molecule has 17 heavy (non-hydrogen) atoms. The number of hydrogen-bond acceptors (Lipinski definition) is 2. The molecule has 96 valence electrons. The molecule has 0 spiro atoms. The summed E-state index contributed by atoms with van der Waals surface area (Å²) in [6.45, 7) is 10.5. The second-order valence-electron chi connectivity index (χ2n) is 5.31. The van der Waals surface area contributed by atoms with E-state index in [0.717, 1.165) is 18.7 Å². The quantitative estimate of drug-likeness (QED) is 0.798. The molecule has 0 aromatic heterocycles. The van der Waals surface area contributed by atoms with Crippen molar-refractivity contribution in [3.63, 3.8) is 0 Å². The third kappa shape index (κ3) is 4.73. The Morgan fingerprint density at radius 1 is 1.18 bits per heavy atom. The lowest BCUT2D eigenvalue weighted by atomic mass is 10.1. The number of anilines is 1. The molecule has 0 atom stereocenters. The van der Waals surface area contributed by atoms with Gasteiger partial charge in [-0.25, -0.2) is 4.39 Å².